The Balaban J connectivity index is 2.31. The van der Waals surface area contributed by atoms with Gasteiger partial charge in [0, 0.05) is 20.1 Å². The number of carbonyl (C=O) groups excluding carboxylic acids is 1. The number of amides is 2. The standard InChI is InChI=1S/C15H29N3O3/c1-4-5-13(14(19)20)10-16-15(21)18(3)11-12-6-8-17(2)9-7-12/h12-13H,4-11H2,1-3H3,(H,16,21)(H,19,20). The third kappa shape index (κ3) is 6.33. The maximum absolute atomic E-state index is 12.0. The number of nitrogens with one attached hydrogen (secondary N) is 1. The zero-order chi connectivity index (χ0) is 15.8. The summed E-state index contributed by atoms with van der Waals surface area (Å²) < 4.78 is 0. The molecule has 0 spiro atoms. The van der Waals surface area contributed by atoms with E-state index >= 15 is 0 Å². The molecule has 1 aliphatic rings. The second-order valence-corrected chi connectivity index (χ2v) is 6.14. The number of rotatable bonds is 7. The fourth-order valence-corrected chi connectivity index (χ4v) is 2.72. The van der Waals surface area contributed by atoms with Gasteiger partial charge in [0.05, 0.1) is 5.92 Å². The normalized spacial score (nSPS) is 18.2. The van der Waals surface area contributed by atoms with Crippen molar-refractivity contribution in [3.8, 4) is 0 Å². The third-order valence-corrected chi connectivity index (χ3v) is 4.20. The van der Waals surface area contributed by atoms with Crippen LogP contribution in [-0.4, -0.2) is 67.2 Å². The number of urea groups is 1. The third-order valence-electron chi connectivity index (χ3n) is 4.20. The summed E-state index contributed by atoms with van der Waals surface area (Å²) in [6, 6.07) is -0.170. The molecule has 2 N–H and O–H groups in total. The van der Waals surface area contributed by atoms with E-state index < -0.39 is 11.9 Å². The van der Waals surface area contributed by atoms with Crippen LogP contribution in [0.3, 0.4) is 0 Å². The minimum atomic E-state index is -0.838. The number of carboxylic acid groups (broad SMARTS) is 1. The number of carboxylic acids is 1. The highest BCUT2D eigenvalue weighted by Crippen LogP contribution is 2.16. The highest BCUT2D eigenvalue weighted by molar-refractivity contribution is 5.75. The predicted octanol–water partition coefficient (Wildman–Crippen LogP) is 1.47. The molecule has 6 nitrogen and oxygen atoms in total. The van der Waals surface area contributed by atoms with Gasteiger partial charge in [-0.1, -0.05) is 13.3 Å². The topological polar surface area (TPSA) is 72.9 Å². The quantitative estimate of drug-likeness (QED) is 0.746. The molecule has 122 valence electrons. The summed E-state index contributed by atoms with van der Waals surface area (Å²) in [5.74, 6) is -0.784. The largest absolute Gasteiger partial charge is 0.481 e. The molecule has 0 aromatic heterocycles. The lowest BCUT2D eigenvalue weighted by atomic mass is 9.97. The second-order valence-electron chi connectivity index (χ2n) is 6.14. The molecule has 1 heterocycles. The first-order valence-electron chi connectivity index (χ1n) is 7.84. The number of piperidine rings is 1. The fraction of sp³-hybridized carbons (Fsp3) is 0.867. The molecule has 1 unspecified atom stereocenters. The molecule has 0 aromatic rings. The van der Waals surface area contributed by atoms with Crippen molar-refractivity contribution in [1.82, 2.24) is 15.1 Å². The van der Waals surface area contributed by atoms with Crippen molar-refractivity contribution in [3.63, 3.8) is 0 Å². The van der Waals surface area contributed by atoms with E-state index in [2.05, 4.69) is 17.3 Å². The van der Waals surface area contributed by atoms with Crippen LogP contribution in [-0.2, 0) is 4.79 Å². The second kappa shape index (κ2) is 8.87. The molecule has 1 fully saturated rings. The average molecular weight is 299 g/mol. The Hall–Kier alpha value is -1.30. The molecule has 2 amide bonds. The van der Waals surface area contributed by atoms with Crippen molar-refractivity contribution in [1.29, 1.82) is 0 Å². The molecule has 21 heavy (non-hydrogen) atoms. The van der Waals surface area contributed by atoms with Crippen LogP contribution in [0.4, 0.5) is 4.79 Å². The lowest BCUT2D eigenvalue weighted by molar-refractivity contribution is -0.141. The highest BCUT2D eigenvalue weighted by atomic mass is 16.4. The molecule has 1 rings (SSSR count). The Kier molecular flexibility index (Phi) is 7.50. The van der Waals surface area contributed by atoms with Gasteiger partial charge in [-0.2, -0.15) is 0 Å². The van der Waals surface area contributed by atoms with Crippen LogP contribution in [0.5, 0.6) is 0 Å². The minimum Gasteiger partial charge on any atom is -0.481 e. The van der Waals surface area contributed by atoms with Crippen molar-refractivity contribution in [2.24, 2.45) is 11.8 Å². The number of likely N-dealkylation sites (tertiary alicyclic amines) is 1. The number of hydrogen-bond acceptors (Lipinski definition) is 3. The summed E-state index contributed by atoms with van der Waals surface area (Å²) in [6.45, 7) is 5.06. The van der Waals surface area contributed by atoms with E-state index in [1.807, 2.05) is 6.92 Å². The Morgan fingerprint density at radius 1 is 1.38 bits per heavy atom. The van der Waals surface area contributed by atoms with E-state index in [0.29, 0.717) is 12.3 Å². The maximum atomic E-state index is 12.0. The lowest BCUT2D eigenvalue weighted by Gasteiger charge is -2.31. The molecule has 0 radical (unpaired) electrons. The van der Waals surface area contributed by atoms with Crippen molar-refractivity contribution in [2.45, 2.75) is 32.6 Å². The van der Waals surface area contributed by atoms with Gasteiger partial charge in [-0.15, -0.1) is 0 Å². The van der Waals surface area contributed by atoms with E-state index in [1.165, 1.54) is 0 Å². The van der Waals surface area contributed by atoms with Gasteiger partial charge in [0.25, 0.3) is 0 Å². The van der Waals surface area contributed by atoms with Crippen molar-refractivity contribution in [2.75, 3.05) is 40.3 Å². The number of hydrogen-bond donors (Lipinski definition) is 2. The summed E-state index contributed by atoms with van der Waals surface area (Å²) in [7, 11) is 3.90. The maximum Gasteiger partial charge on any atom is 0.317 e. The van der Waals surface area contributed by atoms with Gasteiger partial charge in [-0.05, 0) is 45.3 Å². The summed E-state index contributed by atoms with van der Waals surface area (Å²) in [6.07, 6.45) is 3.62. The van der Waals surface area contributed by atoms with Crippen LogP contribution in [0, 0.1) is 11.8 Å². The van der Waals surface area contributed by atoms with Crippen molar-refractivity contribution >= 4 is 12.0 Å². The predicted molar refractivity (Wildman–Crippen MR) is 82.3 cm³/mol. The van der Waals surface area contributed by atoms with Gasteiger partial charge in [-0.3, -0.25) is 4.79 Å². The van der Waals surface area contributed by atoms with Gasteiger partial charge < -0.3 is 20.2 Å². The van der Waals surface area contributed by atoms with Crippen molar-refractivity contribution in [3.05, 3.63) is 0 Å². The number of aliphatic carboxylic acids is 1. The zero-order valence-corrected chi connectivity index (χ0v) is 13.5. The van der Waals surface area contributed by atoms with Gasteiger partial charge >= 0.3 is 12.0 Å². The fourth-order valence-electron chi connectivity index (χ4n) is 2.72. The molecule has 0 bridgehead atoms. The van der Waals surface area contributed by atoms with Gasteiger partial charge in [0.1, 0.15) is 0 Å². The number of carbonyl (C=O) groups is 2. The molecule has 1 saturated heterocycles. The zero-order valence-electron chi connectivity index (χ0n) is 13.5. The molecule has 0 saturated carbocycles. The smallest absolute Gasteiger partial charge is 0.317 e. The highest BCUT2D eigenvalue weighted by Gasteiger charge is 2.22. The van der Waals surface area contributed by atoms with E-state index in [1.54, 1.807) is 11.9 Å². The van der Waals surface area contributed by atoms with Crippen LogP contribution in [0.15, 0.2) is 0 Å². The van der Waals surface area contributed by atoms with Crippen LogP contribution < -0.4 is 5.32 Å². The summed E-state index contributed by atoms with van der Waals surface area (Å²) >= 11 is 0. The Bertz CT molecular complexity index is 341. The lowest BCUT2D eigenvalue weighted by Crippen LogP contribution is -2.44. The molecular weight excluding hydrogens is 270 g/mol. The molecule has 1 atom stereocenters. The number of nitrogens with zero attached hydrogens (tertiary/aromatic N) is 2. The van der Waals surface area contributed by atoms with Gasteiger partial charge in [0.15, 0.2) is 0 Å². The van der Waals surface area contributed by atoms with Crippen LogP contribution in [0.1, 0.15) is 32.6 Å². The molecule has 0 aromatic carbocycles. The van der Waals surface area contributed by atoms with Gasteiger partial charge in [-0.25, -0.2) is 4.79 Å². The Morgan fingerprint density at radius 3 is 2.52 bits per heavy atom. The summed E-state index contributed by atoms with van der Waals surface area (Å²) in [4.78, 5) is 27.1. The first-order valence-corrected chi connectivity index (χ1v) is 7.84. The monoisotopic (exact) mass is 299 g/mol. The van der Waals surface area contributed by atoms with Crippen LogP contribution >= 0.6 is 0 Å². The van der Waals surface area contributed by atoms with E-state index in [9.17, 15) is 9.59 Å². The van der Waals surface area contributed by atoms with Crippen LogP contribution in [0.2, 0.25) is 0 Å². The molecular formula is C15H29N3O3. The minimum absolute atomic E-state index is 0.170. The summed E-state index contributed by atoms with van der Waals surface area (Å²) in [5, 5.41) is 11.8. The first kappa shape index (κ1) is 17.8. The SMILES string of the molecule is CCCC(CNC(=O)N(C)CC1CCN(C)CC1)C(=O)O. The Morgan fingerprint density at radius 2 is 2.00 bits per heavy atom. The molecule has 1 aliphatic heterocycles. The van der Waals surface area contributed by atoms with E-state index in [-0.39, 0.29) is 12.6 Å². The Labute approximate surface area is 127 Å². The molecule has 6 heteroatoms. The summed E-state index contributed by atoms with van der Waals surface area (Å²) in [5.41, 5.74) is 0. The van der Waals surface area contributed by atoms with Crippen molar-refractivity contribution < 1.29 is 14.7 Å². The molecule has 0 aliphatic carbocycles. The first-order chi connectivity index (χ1) is 9.93. The van der Waals surface area contributed by atoms with Crippen LogP contribution in [0.25, 0.3) is 0 Å². The van der Waals surface area contributed by atoms with E-state index in [0.717, 1.165) is 38.9 Å². The van der Waals surface area contributed by atoms with Gasteiger partial charge in [0.2, 0.25) is 0 Å². The average Bonchev–Trinajstić information content (AvgIpc) is 2.45. The van der Waals surface area contributed by atoms with E-state index in [4.69, 9.17) is 5.11 Å².